The molecule has 0 aliphatic carbocycles. The van der Waals surface area contributed by atoms with E-state index < -0.39 is 0 Å². The van der Waals surface area contributed by atoms with E-state index in [0.717, 1.165) is 15.3 Å². The number of aryl methyl sites for hydroxylation is 1. The molecule has 26 heavy (non-hydrogen) atoms. The number of fused-ring (bicyclic) bond motifs is 1. The van der Waals surface area contributed by atoms with Gasteiger partial charge in [-0.1, -0.05) is 12.1 Å². The molecule has 6 heteroatoms. The van der Waals surface area contributed by atoms with Gasteiger partial charge in [-0.05, 0) is 41.4 Å². The van der Waals surface area contributed by atoms with Crippen LogP contribution in [0.4, 0.5) is 0 Å². The summed E-state index contributed by atoms with van der Waals surface area (Å²) in [5, 5.41) is 3.86. The molecular weight excluding hydrogens is 368 g/mol. The zero-order valence-electron chi connectivity index (χ0n) is 13.9. The number of ether oxygens (including phenoxy) is 2. The van der Waals surface area contributed by atoms with E-state index in [-0.39, 0.29) is 23.9 Å². The van der Waals surface area contributed by atoms with Crippen LogP contribution in [0.1, 0.15) is 25.7 Å². The Morgan fingerprint density at radius 1 is 1.19 bits per heavy atom. The van der Waals surface area contributed by atoms with Crippen LogP contribution in [0.5, 0.6) is 11.5 Å². The third kappa shape index (κ3) is 3.34. The van der Waals surface area contributed by atoms with Gasteiger partial charge in [-0.3, -0.25) is 9.59 Å². The lowest BCUT2D eigenvalue weighted by Crippen LogP contribution is -2.10. The molecule has 0 saturated heterocycles. The van der Waals surface area contributed by atoms with E-state index >= 15 is 0 Å². The average molecular weight is 382 g/mol. The first-order chi connectivity index (χ1) is 12.6. The minimum Gasteiger partial charge on any atom is -0.452 e. The smallest absolute Gasteiger partial charge is 0.316 e. The lowest BCUT2D eigenvalue weighted by atomic mass is 10.0. The molecule has 0 radical (unpaired) electrons. The third-order valence-electron chi connectivity index (χ3n) is 3.89. The number of hydrogen-bond donors (Lipinski definition) is 0. The fraction of sp³-hybridized carbons (Fsp3) is 0.100. The predicted octanol–water partition coefficient (Wildman–Crippen LogP) is 4.88. The highest BCUT2D eigenvalue weighted by Crippen LogP contribution is 2.37. The molecule has 0 saturated carbocycles. The van der Waals surface area contributed by atoms with Gasteiger partial charge in [0, 0.05) is 21.9 Å². The topological polar surface area (TPSA) is 52.6 Å². The van der Waals surface area contributed by atoms with Crippen molar-refractivity contribution in [3.8, 4) is 11.5 Å². The van der Waals surface area contributed by atoms with Crippen LogP contribution >= 0.6 is 22.7 Å². The number of hydrogen-bond acceptors (Lipinski definition) is 6. The molecule has 1 aliphatic rings. The highest BCUT2D eigenvalue weighted by molar-refractivity contribution is 7.10. The van der Waals surface area contributed by atoms with Crippen molar-refractivity contribution in [2.45, 2.75) is 13.3 Å². The fourth-order valence-electron chi connectivity index (χ4n) is 2.76. The van der Waals surface area contributed by atoms with E-state index in [1.54, 1.807) is 18.2 Å². The summed E-state index contributed by atoms with van der Waals surface area (Å²) in [6.45, 7) is 1.81. The van der Waals surface area contributed by atoms with Gasteiger partial charge in [0.1, 0.15) is 11.5 Å². The van der Waals surface area contributed by atoms with Crippen LogP contribution in [-0.4, -0.2) is 11.8 Å². The maximum Gasteiger partial charge on any atom is 0.316 e. The lowest BCUT2D eigenvalue weighted by molar-refractivity contribution is -0.133. The van der Waals surface area contributed by atoms with E-state index in [1.165, 1.54) is 22.7 Å². The minimum absolute atomic E-state index is 0.151. The molecule has 4 rings (SSSR count). The van der Waals surface area contributed by atoms with Crippen LogP contribution in [0.3, 0.4) is 0 Å². The normalized spacial score (nSPS) is 14.3. The van der Waals surface area contributed by atoms with Crippen molar-refractivity contribution in [2.24, 2.45) is 0 Å². The van der Waals surface area contributed by atoms with E-state index in [2.05, 4.69) is 0 Å². The first-order valence-electron chi connectivity index (χ1n) is 7.95. The molecule has 0 N–H and O–H groups in total. The van der Waals surface area contributed by atoms with Gasteiger partial charge in [-0.15, -0.1) is 22.7 Å². The van der Waals surface area contributed by atoms with E-state index in [9.17, 15) is 9.59 Å². The van der Waals surface area contributed by atoms with Gasteiger partial charge in [0.25, 0.3) is 0 Å². The summed E-state index contributed by atoms with van der Waals surface area (Å²) in [6, 6.07) is 10.9. The molecule has 0 amide bonds. The Morgan fingerprint density at radius 2 is 2.00 bits per heavy atom. The molecule has 0 spiro atoms. The highest BCUT2D eigenvalue weighted by atomic mass is 32.1. The van der Waals surface area contributed by atoms with Crippen LogP contribution in [0.2, 0.25) is 0 Å². The molecule has 0 fully saturated rings. The Kier molecular flexibility index (Phi) is 4.44. The Morgan fingerprint density at radius 3 is 2.73 bits per heavy atom. The van der Waals surface area contributed by atoms with Crippen molar-refractivity contribution in [2.75, 3.05) is 0 Å². The molecule has 3 aromatic rings. The SMILES string of the molecule is Cc1cc(OC(=O)Cc2cccs2)cc2c1C(=O)/C(=C/c1cccs1)O2. The van der Waals surface area contributed by atoms with Crippen molar-refractivity contribution >= 4 is 40.5 Å². The van der Waals surface area contributed by atoms with Gasteiger partial charge < -0.3 is 9.47 Å². The van der Waals surface area contributed by atoms with Crippen molar-refractivity contribution in [3.05, 3.63) is 73.8 Å². The van der Waals surface area contributed by atoms with Crippen LogP contribution in [0.25, 0.3) is 6.08 Å². The number of thiophene rings is 2. The number of carbonyl (C=O) groups excluding carboxylic acids is 2. The lowest BCUT2D eigenvalue weighted by Gasteiger charge is -2.07. The van der Waals surface area contributed by atoms with Crippen LogP contribution < -0.4 is 9.47 Å². The summed E-state index contributed by atoms with van der Waals surface area (Å²) >= 11 is 3.04. The van der Waals surface area contributed by atoms with Crippen molar-refractivity contribution in [1.82, 2.24) is 0 Å². The minimum atomic E-state index is -0.342. The average Bonchev–Trinajstić information content (AvgIpc) is 3.31. The molecule has 1 aliphatic heterocycles. The molecule has 0 unspecified atom stereocenters. The van der Waals surface area contributed by atoms with Gasteiger partial charge in [0.05, 0.1) is 12.0 Å². The van der Waals surface area contributed by atoms with Gasteiger partial charge in [0.15, 0.2) is 5.76 Å². The molecule has 1 aromatic carbocycles. The van der Waals surface area contributed by atoms with E-state index in [1.807, 2.05) is 41.9 Å². The van der Waals surface area contributed by atoms with Crippen LogP contribution in [-0.2, 0) is 11.2 Å². The van der Waals surface area contributed by atoms with Gasteiger partial charge in [-0.25, -0.2) is 0 Å². The van der Waals surface area contributed by atoms with Crippen molar-refractivity contribution in [3.63, 3.8) is 0 Å². The fourth-order valence-corrected chi connectivity index (χ4v) is 4.10. The van der Waals surface area contributed by atoms with Gasteiger partial charge >= 0.3 is 5.97 Å². The number of esters is 1. The van der Waals surface area contributed by atoms with E-state index in [4.69, 9.17) is 9.47 Å². The Bertz CT molecular complexity index is 999. The quantitative estimate of drug-likeness (QED) is 0.366. The number of Topliss-reactive ketones (excluding diaryl/α,β-unsaturated/α-hetero) is 1. The summed E-state index contributed by atoms with van der Waals surface area (Å²) in [4.78, 5) is 26.6. The van der Waals surface area contributed by atoms with E-state index in [0.29, 0.717) is 17.1 Å². The third-order valence-corrected chi connectivity index (χ3v) is 5.59. The Labute approximate surface area is 158 Å². The Balaban J connectivity index is 1.56. The monoisotopic (exact) mass is 382 g/mol. The molecule has 0 atom stereocenters. The zero-order chi connectivity index (χ0) is 18.1. The standard InChI is InChI=1S/C20H14O4S2/c1-12-8-13(23-18(21)11-15-5-3-7-26-15)9-16-19(12)20(22)17(24-16)10-14-4-2-6-25-14/h2-10H,11H2,1H3/b17-10-. The predicted molar refractivity (Wildman–Crippen MR) is 102 cm³/mol. The highest BCUT2D eigenvalue weighted by Gasteiger charge is 2.30. The number of benzene rings is 1. The molecule has 2 aromatic heterocycles. The van der Waals surface area contributed by atoms with Gasteiger partial charge in [0.2, 0.25) is 5.78 Å². The molecule has 130 valence electrons. The maximum absolute atomic E-state index is 12.6. The largest absolute Gasteiger partial charge is 0.452 e. The molecule has 0 bridgehead atoms. The summed E-state index contributed by atoms with van der Waals surface area (Å²) in [5.41, 5.74) is 1.24. The Hall–Kier alpha value is -2.70. The van der Waals surface area contributed by atoms with Crippen LogP contribution in [0, 0.1) is 6.92 Å². The maximum atomic E-state index is 12.6. The number of allylic oxidation sites excluding steroid dienone is 1. The summed E-state index contributed by atoms with van der Waals surface area (Å²) in [6.07, 6.45) is 1.95. The first kappa shape index (κ1) is 16.8. The van der Waals surface area contributed by atoms with Crippen molar-refractivity contribution < 1.29 is 19.1 Å². The summed E-state index contributed by atoms with van der Waals surface area (Å²) < 4.78 is 11.2. The van der Waals surface area contributed by atoms with Crippen molar-refractivity contribution in [1.29, 1.82) is 0 Å². The molecular formula is C20H14O4S2. The molecule has 4 nitrogen and oxygen atoms in total. The summed E-state index contributed by atoms with van der Waals surface area (Å²) in [5.74, 6) is 0.602. The summed E-state index contributed by atoms with van der Waals surface area (Å²) in [7, 11) is 0. The number of rotatable bonds is 4. The van der Waals surface area contributed by atoms with Gasteiger partial charge in [-0.2, -0.15) is 0 Å². The van der Waals surface area contributed by atoms with Crippen LogP contribution in [0.15, 0.2) is 52.9 Å². The second-order valence-electron chi connectivity index (χ2n) is 5.80. The molecule has 3 heterocycles. The first-order valence-corrected chi connectivity index (χ1v) is 9.71. The number of carbonyl (C=O) groups is 2. The zero-order valence-corrected chi connectivity index (χ0v) is 15.5. The number of ketones is 1. The second kappa shape index (κ2) is 6.90. The second-order valence-corrected chi connectivity index (χ2v) is 7.81.